The highest BCUT2D eigenvalue weighted by Crippen LogP contribution is 2.27. The first-order chi connectivity index (χ1) is 14.2. The molecule has 0 saturated carbocycles. The third-order valence-electron chi connectivity index (χ3n) is 5.72. The second kappa shape index (κ2) is 7.92. The molecule has 1 unspecified atom stereocenters. The number of sulfonamides is 1. The van der Waals surface area contributed by atoms with Crippen molar-refractivity contribution in [3.8, 4) is 0 Å². The van der Waals surface area contributed by atoms with E-state index in [4.69, 9.17) is 0 Å². The van der Waals surface area contributed by atoms with Crippen molar-refractivity contribution in [1.29, 1.82) is 0 Å². The molecule has 0 bridgehead atoms. The molecule has 4 rings (SSSR count). The molecule has 30 heavy (non-hydrogen) atoms. The van der Waals surface area contributed by atoms with Crippen LogP contribution < -0.4 is 5.56 Å². The molecule has 10 heteroatoms. The number of likely N-dealkylation sites (tertiary alicyclic amines) is 1. The van der Waals surface area contributed by atoms with Gasteiger partial charge in [-0.3, -0.25) is 9.59 Å². The number of carbonyl (C=O) groups excluding carboxylic acids is 1. The third kappa shape index (κ3) is 4.01. The number of benzene rings is 1. The van der Waals surface area contributed by atoms with Gasteiger partial charge in [0.05, 0.1) is 23.1 Å². The van der Waals surface area contributed by atoms with Crippen LogP contribution in [0.15, 0.2) is 29.1 Å². The molecular formula is C20H23FN4O4S. The van der Waals surface area contributed by atoms with E-state index in [0.29, 0.717) is 43.0 Å². The van der Waals surface area contributed by atoms with Crippen molar-refractivity contribution in [2.75, 3.05) is 25.9 Å². The Hall–Kier alpha value is -2.59. The Morgan fingerprint density at radius 2 is 2.03 bits per heavy atom. The molecule has 3 heterocycles. The molecule has 2 aliphatic heterocycles. The predicted molar refractivity (Wildman–Crippen MR) is 108 cm³/mol. The fraction of sp³-hybridized carbons (Fsp3) is 0.450. The molecule has 0 spiro atoms. The minimum Gasteiger partial charge on any atom is -0.338 e. The molecule has 2 aromatic rings. The van der Waals surface area contributed by atoms with E-state index in [1.54, 1.807) is 11.0 Å². The Balaban J connectivity index is 1.56. The number of H-pyrrole nitrogens is 1. The normalized spacial score (nSPS) is 20.1. The molecule has 1 saturated heterocycles. The lowest BCUT2D eigenvalue weighted by Gasteiger charge is -2.33. The van der Waals surface area contributed by atoms with Crippen LogP contribution in [-0.2, 0) is 23.0 Å². The van der Waals surface area contributed by atoms with Crippen molar-refractivity contribution in [2.24, 2.45) is 0 Å². The number of rotatable bonds is 3. The summed E-state index contributed by atoms with van der Waals surface area (Å²) in [5.41, 5.74) is 0.656. The third-order valence-corrected chi connectivity index (χ3v) is 6.97. The van der Waals surface area contributed by atoms with Gasteiger partial charge in [-0.2, -0.15) is 4.31 Å². The Labute approximate surface area is 173 Å². The van der Waals surface area contributed by atoms with Gasteiger partial charge in [0.2, 0.25) is 10.0 Å². The van der Waals surface area contributed by atoms with Gasteiger partial charge in [-0.05, 0) is 25.0 Å². The summed E-state index contributed by atoms with van der Waals surface area (Å²) in [5.74, 6) is -0.597. The minimum absolute atomic E-state index is 0.0132. The highest BCUT2D eigenvalue weighted by atomic mass is 32.2. The van der Waals surface area contributed by atoms with Crippen LogP contribution in [-0.4, -0.2) is 59.4 Å². The van der Waals surface area contributed by atoms with Crippen molar-refractivity contribution in [2.45, 2.75) is 31.7 Å². The molecule has 0 aliphatic carbocycles. The first-order valence-electron chi connectivity index (χ1n) is 9.85. The summed E-state index contributed by atoms with van der Waals surface area (Å²) >= 11 is 0. The van der Waals surface area contributed by atoms with E-state index >= 15 is 0 Å². The molecule has 1 aromatic carbocycles. The number of aromatic nitrogens is 2. The summed E-state index contributed by atoms with van der Waals surface area (Å²) in [6.07, 6.45) is 2.95. The van der Waals surface area contributed by atoms with Gasteiger partial charge in [0.1, 0.15) is 11.6 Å². The van der Waals surface area contributed by atoms with Crippen LogP contribution >= 0.6 is 0 Å². The highest BCUT2D eigenvalue weighted by molar-refractivity contribution is 7.88. The molecule has 8 nitrogen and oxygen atoms in total. The molecule has 1 fully saturated rings. The number of hydrogen-bond donors (Lipinski definition) is 1. The summed E-state index contributed by atoms with van der Waals surface area (Å²) in [5, 5.41) is 0. The van der Waals surface area contributed by atoms with Gasteiger partial charge >= 0.3 is 0 Å². The lowest BCUT2D eigenvalue weighted by molar-refractivity contribution is 0.0699. The number of halogens is 1. The van der Waals surface area contributed by atoms with Crippen LogP contribution in [0.5, 0.6) is 0 Å². The first kappa shape index (κ1) is 20.7. The number of piperidine rings is 1. The molecule has 160 valence electrons. The predicted octanol–water partition coefficient (Wildman–Crippen LogP) is 1.25. The van der Waals surface area contributed by atoms with Crippen molar-refractivity contribution < 1.29 is 17.6 Å². The Kier molecular flexibility index (Phi) is 5.46. The van der Waals surface area contributed by atoms with Crippen LogP contribution in [0.25, 0.3) is 0 Å². The van der Waals surface area contributed by atoms with Gasteiger partial charge in [-0.15, -0.1) is 0 Å². The molecule has 1 aromatic heterocycles. The van der Waals surface area contributed by atoms with Gasteiger partial charge in [0.25, 0.3) is 11.5 Å². The zero-order valence-corrected chi connectivity index (χ0v) is 17.4. The number of nitrogens with one attached hydrogen (secondary N) is 1. The van der Waals surface area contributed by atoms with Crippen LogP contribution in [0, 0.1) is 5.82 Å². The molecule has 1 amide bonds. The standard InChI is InChI=1S/C20H23FN4O4S/c1-30(28,29)25-10-8-17-15(12-25)19(26)23-18(22-17)13-5-4-9-24(11-13)20(27)14-6-2-3-7-16(14)21/h2-3,6-7,13H,4-5,8-12H2,1H3,(H,22,23,26). The van der Waals surface area contributed by atoms with Gasteiger partial charge in [0, 0.05) is 38.5 Å². The second-order valence-electron chi connectivity index (χ2n) is 7.79. The zero-order chi connectivity index (χ0) is 21.5. The van der Waals surface area contributed by atoms with Crippen LogP contribution in [0.4, 0.5) is 4.39 Å². The summed E-state index contributed by atoms with van der Waals surface area (Å²) < 4.78 is 38.9. The lowest BCUT2D eigenvalue weighted by atomic mass is 9.95. The average molecular weight is 434 g/mol. The number of carbonyl (C=O) groups is 1. The lowest BCUT2D eigenvalue weighted by Crippen LogP contribution is -2.42. The number of aromatic amines is 1. The van der Waals surface area contributed by atoms with Gasteiger partial charge in [0.15, 0.2) is 0 Å². The molecule has 1 atom stereocenters. The van der Waals surface area contributed by atoms with Gasteiger partial charge in [-0.25, -0.2) is 17.8 Å². The van der Waals surface area contributed by atoms with Crippen LogP contribution in [0.1, 0.15) is 46.2 Å². The Morgan fingerprint density at radius 3 is 2.77 bits per heavy atom. The number of nitrogens with zero attached hydrogens (tertiary/aromatic N) is 3. The smallest absolute Gasteiger partial charge is 0.256 e. The summed E-state index contributed by atoms with van der Waals surface area (Å²) in [6, 6.07) is 5.89. The number of amides is 1. The van der Waals surface area contributed by atoms with Crippen molar-refractivity contribution in [3.63, 3.8) is 0 Å². The van der Waals surface area contributed by atoms with E-state index in [9.17, 15) is 22.4 Å². The molecule has 2 aliphatic rings. The maximum absolute atomic E-state index is 14.0. The SMILES string of the molecule is CS(=O)(=O)N1CCc2nc(C3CCCN(C(=O)c4ccccc4F)C3)[nH]c(=O)c2C1. The molecule has 0 radical (unpaired) electrons. The maximum Gasteiger partial charge on any atom is 0.256 e. The van der Waals surface area contributed by atoms with E-state index in [1.165, 1.54) is 22.5 Å². The van der Waals surface area contributed by atoms with Gasteiger partial charge in [-0.1, -0.05) is 12.1 Å². The second-order valence-corrected chi connectivity index (χ2v) is 9.78. The highest BCUT2D eigenvalue weighted by Gasteiger charge is 2.31. The zero-order valence-electron chi connectivity index (χ0n) is 16.6. The largest absolute Gasteiger partial charge is 0.338 e. The Bertz CT molecular complexity index is 1150. The van der Waals surface area contributed by atoms with Gasteiger partial charge < -0.3 is 9.88 Å². The van der Waals surface area contributed by atoms with Crippen LogP contribution in [0.3, 0.4) is 0 Å². The fourth-order valence-electron chi connectivity index (χ4n) is 4.09. The van der Waals surface area contributed by atoms with Crippen molar-refractivity contribution in [1.82, 2.24) is 19.2 Å². The summed E-state index contributed by atoms with van der Waals surface area (Å²) in [4.78, 5) is 34.4. The topological polar surface area (TPSA) is 103 Å². The monoisotopic (exact) mass is 434 g/mol. The van der Waals surface area contributed by atoms with E-state index < -0.39 is 15.8 Å². The van der Waals surface area contributed by atoms with E-state index in [2.05, 4.69) is 9.97 Å². The summed E-state index contributed by atoms with van der Waals surface area (Å²) in [6.45, 7) is 1.15. The molecule has 1 N–H and O–H groups in total. The number of hydrogen-bond acceptors (Lipinski definition) is 5. The van der Waals surface area contributed by atoms with E-state index in [0.717, 1.165) is 12.7 Å². The Morgan fingerprint density at radius 1 is 1.27 bits per heavy atom. The first-order valence-corrected chi connectivity index (χ1v) is 11.7. The quantitative estimate of drug-likeness (QED) is 0.783. The number of fused-ring (bicyclic) bond motifs is 1. The van der Waals surface area contributed by atoms with Crippen LogP contribution in [0.2, 0.25) is 0 Å². The van der Waals surface area contributed by atoms with Crippen molar-refractivity contribution in [3.05, 3.63) is 63.1 Å². The van der Waals surface area contributed by atoms with Crippen molar-refractivity contribution >= 4 is 15.9 Å². The average Bonchev–Trinajstić information content (AvgIpc) is 2.73. The maximum atomic E-state index is 14.0. The molecular weight excluding hydrogens is 411 g/mol. The summed E-state index contributed by atoms with van der Waals surface area (Å²) in [7, 11) is -3.38. The fourth-order valence-corrected chi connectivity index (χ4v) is 4.87. The van der Waals surface area contributed by atoms with E-state index in [-0.39, 0.29) is 36.0 Å². The van der Waals surface area contributed by atoms with E-state index in [1.807, 2.05) is 0 Å². The minimum atomic E-state index is -3.38.